The summed E-state index contributed by atoms with van der Waals surface area (Å²) in [5.41, 5.74) is 0. The van der Waals surface area contributed by atoms with Crippen molar-refractivity contribution in [3.63, 3.8) is 0 Å². The first-order valence-electron chi connectivity index (χ1n) is 8.12. The summed E-state index contributed by atoms with van der Waals surface area (Å²) in [4.78, 5) is 19.4. The molecule has 1 fully saturated rings. The van der Waals surface area contributed by atoms with Crippen molar-refractivity contribution in [2.24, 2.45) is 5.14 Å². The minimum absolute atomic E-state index is 0.0614. The van der Waals surface area contributed by atoms with Gasteiger partial charge in [-0.1, -0.05) is 0 Å². The van der Waals surface area contributed by atoms with Crippen molar-refractivity contribution in [1.82, 2.24) is 15.0 Å². The Morgan fingerprint density at radius 1 is 1.08 bits per heavy atom. The number of thiophene rings is 1. The summed E-state index contributed by atoms with van der Waals surface area (Å²) >= 11 is 1.65. The average molecular weight is 390 g/mol. The number of pyridine rings is 1. The first kappa shape index (κ1) is 17.1. The highest BCUT2D eigenvalue weighted by Gasteiger charge is 2.25. The van der Waals surface area contributed by atoms with E-state index in [1.165, 1.54) is 10.9 Å². The molecule has 1 saturated heterocycles. The maximum absolute atomic E-state index is 11.8. The molecule has 0 bridgehead atoms. The number of sulfonamides is 1. The molecule has 10 heteroatoms. The maximum atomic E-state index is 11.8. The standard InChI is InChI=1S/C16H18N6O2S2/c1-11-9-12-14(19-10-20-16(12)25-11)21-5-7-22(8-6-21)15-13(26(17,23)24)3-2-4-18-15/h2-4,9-10H,5-8H2,1H3,(H2,17,23,24). The third-order valence-corrected chi connectivity index (χ3v) is 6.26. The van der Waals surface area contributed by atoms with E-state index in [0.717, 1.165) is 16.0 Å². The van der Waals surface area contributed by atoms with Crippen LogP contribution in [-0.4, -0.2) is 49.5 Å². The fourth-order valence-corrected chi connectivity index (χ4v) is 4.73. The van der Waals surface area contributed by atoms with Crippen LogP contribution in [0, 0.1) is 6.92 Å². The fraction of sp³-hybridized carbons (Fsp3) is 0.312. The van der Waals surface area contributed by atoms with Crippen molar-refractivity contribution in [2.75, 3.05) is 36.0 Å². The molecule has 1 aliphatic rings. The number of aromatic nitrogens is 3. The summed E-state index contributed by atoms with van der Waals surface area (Å²) < 4.78 is 23.6. The maximum Gasteiger partial charge on any atom is 0.241 e. The average Bonchev–Trinajstić information content (AvgIpc) is 3.01. The number of hydrogen-bond acceptors (Lipinski definition) is 8. The van der Waals surface area contributed by atoms with Gasteiger partial charge in [-0.05, 0) is 25.1 Å². The van der Waals surface area contributed by atoms with E-state index >= 15 is 0 Å². The molecular weight excluding hydrogens is 372 g/mol. The van der Waals surface area contributed by atoms with Crippen molar-refractivity contribution in [3.8, 4) is 0 Å². The number of aryl methyl sites for hydroxylation is 1. The van der Waals surface area contributed by atoms with E-state index in [9.17, 15) is 8.42 Å². The van der Waals surface area contributed by atoms with Gasteiger partial charge in [0.2, 0.25) is 10.0 Å². The number of piperazine rings is 1. The van der Waals surface area contributed by atoms with Gasteiger partial charge < -0.3 is 9.80 Å². The van der Waals surface area contributed by atoms with E-state index < -0.39 is 10.0 Å². The topological polar surface area (TPSA) is 105 Å². The third kappa shape index (κ3) is 3.11. The SMILES string of the molecule is Cc1cc2c(N3CCN(c4ncccc4S(N)(=O)=O)CC3)ncnc2s1. The number of nitrogens with two attached hydrogens (primary N) is 1. The summed E-state index contributed by atoms with van der Waals surface area (Å²) in [6, 6.07) is 5.18. The Balaban J connectivity index is 1.59. The van der Waals surface area contributed by atoms with E-state index in [2.05, 4.69) is 32.8 Å². The van der Waals surface area contributed by atoms with Crippen LogP contribution < -0.4 is 14.9 Å². The molecule has 8 nitrogen and oxygen atoms in total. The normalized spacial score (nSPS) is 15.6. The second kappa shape index (κ2) is 6.45. The van der Waals surface area contributed by atoms with Gasteiger partial charge in [-0.15, -0.1) is 11.3 Å². The molecule has 136 valence electrons. The van der Waals surface area contributed by atoms with Gasteiger partial charge in [0.25, 0.3) is 0 Å². The molecule has 0 radical (unpaired) electrons. The van der Waals surface area contributed by atoms with Crippen LogP contribution in [0.3, 0.4) is 0 Å². The Labute approximate surface area is 155 Å². The van der Waals surface area contributed by atoms with Crippen LogP contribution in [0.2, 0.25) is 0 Å². The van der Waals surface area contributed by atoms with Crippen molar-refractivity contribution in [2.45, 2.75) is 11.8 Å². The Bertz CT molecular complexity index is 1060. The molecule has 3 aromatic heterocycles. The molecule has 1 aliphatic heterocycles. The number of fused-ring (bicyclic) bond motifs is 1. The number of primary sulfonamides is 1. The Morgan fingerprint density at radius 3 is 2.46 bits per heavy atom. The van der Waals surface area contributed by atoms with Crippen LogP contribution >= 0.6 is 11.3 Å². The lowest BCUT2D eigenvalue weighted by molar-refractivity contribution is 0.594. The molecule has 2 N–H and O–H groups in total. The lowest BCUT2D eigenvalue weighted by Crippen LogP contribution is -2.47. The largest absolute Gasteiger partial charge is 0.352 e. The number of nitrogens with zero attached hydrogens (tertiary/aromatic N) is 5. The van der Waals surface area contributed by atoms with E-state index in [1.54, 1.807) is 29.9 Å². The summed E-state index contributed by atoms with van der Waals surface area (Å²) in [5, 5.41) is 6.39. The highest BCUT2D eigenvalue weighted by atomic mass is 32.2. The summed E-state index contributed by atoms with van der Waals surface area (Å²) in [6.07, 6.45) is 3.18. The molecule has 0 atom stereocenters. The molecule has 0 saturated carbocycles. The van der Waals surface area contributed by atoms with Crippen molar-refractivity contribution < 1.29 is 8.42 Å². The van der Waals surface area contributed by atoms with Crippen molar-refractivity contribution in [1.29, 1.82) is 0 Å². The van der Waals surface area contributed by atoms with Gasteiger partial charge in [0, 0.05) is 37.3 Å². The minimum atomic E-state index is -3.81. The van der Waals surface area contributed by atoms with E-state index in [1.807, 2.05) is 4.90 Å². The Kier molecular flexibility index (Phi) is 4.25. The summed E-state index contributed by atoms with van der Waals surface area (Å²) in [7, 11) is -3.81. The van der Waals surface area contributed by atoms with Gasteiger partial charge in [0.05, 0.1) is 5.39 Å². The summed E-state index contributed by atoms with van der Waals surface area (Å²) in [5.74, 6) is 1.33. The molecule has 4 rings (SSSR count). The van der Waals surface area contributed by atoms with Crippen LogP contribution in [0.25, 0.3) is 10.2 Å². The second-order valence-corrected chi connectivity index (χ2v) is 8.88. The minimum Gasteiger partial charge on any atom is -0.352 e. The smallest absolute Gasteiger partial charge is 0.241 e. The van der Waals surface area contributed by atoms with E-state index in [0.29, 0.717) is 32.0 Å². The first-order chi connectivity index (χ1) is 12.4. The van der Waals surface area contributed by atoms with Gasteiger partial charge >= 0.3 is 0 Å². The van der Waals surface area contributed by atoms with Gasteiger partial charge in [-0.2, -0.15) is 0 Å². The first-order valence-corrected chi connectivity index (χ1v) is 10.5. The zero-order valence-electron chi connectivity index (χ0n) is 14.2. The second-order valence-electron chi connectivity index (χ2n) is 6.12. The number of hydrogen-bond donors (Lipinski definition) is 1. The molecule has 0 aromatic carbocycles. The Hall–Kier alpha value is -2.30. The van der Waals surface area contributed by atoms with Crippen LogP contribution in [0.15, 0.2) is 35.6 Å². The molecule has 3 aromatic rings. The van der Waals surface area contributed by atoms with Crippen LogP contribution in [0.5, 0.6) is 0 Å². The van der Waals surface area contributed by atoms with E-state index in [4.69, 9.17) is 5.14 Å². The van der Waals surface area contributed by atoms with Crippen molar-refractivity contribution in [3.05, 3.63) is 35.6 Å². The molecule has 0 aliphatic carbocycles. The highest BCUT2D eigenvalue weighted by Crippen LogP contribution is 2.31. The molecule has 26 heavy (non-hydrogen) atoms. The van der Waals surface area contributed by atoms with Gasteiger partial charge in [-0.3, -0.25) is 0 Å². The highest BCUT2D eigenvalue weighted by molar-refractivity contribution is 7.89. The zero-order valence-corrected chi connectivity index (χ0v) is 15.8. The molecule has 0 unspecified atom stereocenters. The predicted octanol–water partition coefficient (Wildman–Crippen LogP) is 1.37. The quantitative estimate of drug-likeness (QED) is 0.720. The molecule has 0 amide bonds. The number of anilines is 2. The van der Waals surface area contributed by atoms with Crippen LogP contribution in [0.4, 0.5) is 11.6 Å². The molecule has 4 heterocycles. The Morgan fingerprint density at radius 2 is 1.77 bits per heavy atom. The van der Waals surface area contributed by atoms with Crippen LogP contribution in [-0.2, 0) is 10.0 Å². The van der Waals surface area contributed by atoms with Gasteiger partial charge in [-0.25, -0.2) is 28.5 Å². The van der Waals surface area contributed by atoms with Gasteiger partial charge in [0.15, 0.2) is 0 Å². The lowest BCUT2D eigenvalue weighted by atomic mass is 10.2. The predicted molar refractivity (Wildman–Crippen MR) is 102 cm³/mol. The lowest BCUT2D eigenvalue weighted by Gasteiger charge is -2.36. The van der Waals surface area contributed by atoms with Gasteiger partial charge in [0.1, 0.15) is 27.7 Å². The zero-order chi connectivity index (χ0) is 18.3. The van der Waals surface area contributed by atoms with Crippen molar-refractivity contribution >= 4 is 43.2 Å². The fourth-order valence-electron chi connectivity index (χ4n) is 3.19. The molecule has 0 spiro atoms. The monoisotopic (exact) mass is 390 g/mol. The van der Waals surface area contributed by atoms with E-state index in [-0.39, 0.29) is 4.90 Å². The summed E-state index contributed by atoms with van der Waals surface area (Å²) in [6.45, 7) is 4.75. The third-order valence-electron chi connectivity index (χ3n) is 4.37. The number of rotatable bonds is 3. The van der Waals surface area contributed by atoms with Crippen LogP contribution in [0.1, 0.15) is 4.88 Å². The molecular formula is C16H18N6O2S2.